The van der Waals surface area contributed by atoms with Gasteiger partial charge >= 0.3 is 0 Å². The summed E-state index contributed by atoms with van der Waals surface area (Å²) in [7, 11) is 1.31. The second kappa shape index (κ2) is 13.7. The van der Waals surface area contributed by atoms with Gasteiger partial charge in [0.1, 0.15) is 0 Å². The molecule has 5 saturated heterocycles. The fourth-order valence-corrected chi connectivity index (χ4v) is 12.0. The molecule has 0 spiro atoms. The zero-order valence-electron chi connectivity index (χ0n) is 27.0. The first-order valence-corrected chi connectivity index (χ1v) is 20.9. The minimum absolute atomic E-state index is 0. The van der Waals surface area contributed by atoms with Crippen molar-refractivity contribution in [2.24, 2.45) is 47.3 Å². The van der Waals surface area contributed by atoms with Crippen LogP contribution in [-0.4, -0.2) is 59.6 Å². The van der Waals surface area contributed by atoms with Crippen LogP contribution in [0.2, 0.25) is 6.55 Å². The smallest absolute Gasteiger partial charge is 0.0628 e. The van der Waals surface area contributed by atoms with Crippen LogP contribution < -0.4 is 42.5 Å². The fraction of sp³-hybridized carbons (Fsp3) is 1.00. The van der Waals surface area contributed by atoms with E-state index in [0.717, 1.165) is 47.3 Å². The Kier molecular flexibility index (Phi) is 10.1. The SMILES string of the molecule is C1CCC2C3NC(NC4NC(NC5NC(NC6NC(N3)C3CCCCC63)C3CCCCC53)C3CCCCC43)C2C1.C[SiH3].Cl. The van der Waals surface area contributed by atoms with E-state index in [4.69, 9.17) is 0 Å². The average molecular weight is 635 g/mol. The Morgan fingerprint density at radius 3 is 0.512 bits per heavy atom. The van der Waals surface area contributed by atoms with Crippen molar-refractivity contribution in [3.8, 4) is 0 Å². The molecule has 43 heavy (non-hydrogen) atoms. The first-order valence-electron chi connectivity index (χ1n) is 18.9. The average Bonchev–Trinajstić information content (AvgIpc) is 3.78. The molecule has 9 rings (SSSR count). The van der Waals surface area contributed by atoms with Crippen LogP contribution in [0.4, 0.5) is 0 Å². The number of halogens is 1. The molecule has 4 aliphatic carbocycles. The highest BCUT2D eigenvalue weighted by Crippen LogP contribution is 2.45. The number of fused-ring (bicyclic) bond motifs is 20. The zero-order chi connectivity index (χ0) is 28.2. The molecule has 10 heteroatoms. The predicted octanol–water partition coefficient (Wildman–Crippen LogP) is 2.43. The third-order valence-corrected chi connectivity index (χ3v) is 13.8. The van der Waals surface area contributed by atoms with Gasteiger partial charge in [0.15, 0.2) is 0 Å². The summed E-state index contributed by atoms with van der Waals surface area (Å²) in [5.41, 5.74) is 0. The minimum atomic E-state index is 0. The Morgan fingerprint density at radius 1 is 0.279 bits per heavy atom. The Morgan fingerprint density at radius 2 is 0.395 bits per heavy atom. The fourth-order valence-electron chi connectivity index (χ4n) is 12.0. The summed E-state index contributed by atoms with van der Waals surface area (Å²) in [6, 6.07) is 0. The van der Waals surface area contributed by atoms with Crippen molar-refractivity contribution < 1.29 is 0 Å². The molecule has 5 aliphatic heterocycles. The maximum absolute atomic E-state index is 4.26. The van der Waals surface area contributed by atoms with E-state index >= 15 is 0 Å². The number of rotatable bonds is 0. The molecule has 8 nitrogen and oxygen atoms in total. The van der Waals surface area contributed by atoms with Crippen LogP contribution in [0.15, 0.2) is 0 Å². The predicted molar refractivity (Wildman–Crippen MR) is 180 cm³/mol. The largest absolute Gasteiger partial charge is 0.286 e. The Labute approximate surface area is 270 Å². The Bertz CT molecular complexity index is 723. The molecule has 9 aliphatic rings. The molecule has 4 saturated carbocycles. The molecule has 0 aromatic rings. The van der Waals surface area contributed by atoms with Gasteiger partial charge < -0.3 is 0 Å². The number of nitrogens with one attached hydrogen (secondary N) is 8. The van der Waals surface area contributed by atoms with Gasteiger partial charge in [-0.05, 0) is 109 Å². The van der Waals surface area contributed by atoms with E-state index in [1.807, 2.05) is 0 Å². The first kappa shape index (κ1) is 31.8. The van der Waals surface area contributed by atoms with E-state index in [9.17, 15) is 0 Å². The van der Waals surface area contributed by atoms with Crippen molar-refractivity contribution in [2.75, 3.05) is 0 Å². The third-order valence-electron chi connectivity index (χ3n) is 13.8. The van der Waals surface area contributed by atoms with Gasteiger partial charge in [0, 0.05) is 0 Å². The van der Waals surface area contributed by atoms with Crippen LogP contribution in [-0.2, 0) is 0 Å². The van der Waals surface area contributed by atoms with Crippen LogP contribution >= 0.6 is 12.4 Å². The lowest BCUT2D eigenvalue weighted by molar-refractivity contribution is 0.167. The quantitative estimate of drug-likeness (QED) is 0.193. The van der Waals surface area contributed by atoms with Gasteiger partial charge in [0.05, 0.1) is 49.3 Å². The number of hydrogen-bond acceptors (Lipinski definition) is 8. The molecule has 8 bridgehead atoms. The summed E-state index contributed by atoms with van der Waals surface area (Å²) >= 11 is 0. The van der Waals surface area contributed by atoms with Crippen molar-refractivity contribution >= 4 is 22.6 Å². The summed E-state index contributed by atoms with van der Waals surface area (Å²) in [6.45, 7) is 2.14. The summed E-state index contributed by atoms with van der Waals surface area (Å²) in [5.74, 6) is 5.97. The van der Waals surface area contributed by atoms with Crippen LogP contribution in [0.5, 0.6) is 0 Å². The van der Waals surface area contributed by atoms with Crippen LogP contribution in [0, 0.1) is 47.3 Å². The van der Waals surface area contributed by atoms with E-state index in [1.165, 1.54) is 113 Å². The van der Waals surface area contributed by atoms with E-state index in [0.29, 0.717) is 49.3 Å². The molecule has 0 amide bonds. The summed E-state index contributed by atoms with van der Waals surface area (Å²) in [5, 5.41) is 33.8. The van der Waals surface area contributed by atoms with Crippen molar-refractivity contribution in [2.45, 2.75) is 159 Å². The normalized spacial score (nSPS) is 53.8. The van der Waals surface area contributed by atoms with Crippen molar-refractivity contribution in [1.29, 1.82) is 0 Å². The highest BCUT2D eigenvalue weighted by atomic mass is 35.5. The molecule has 8 atom stereocenters. The lowest BCUT2D eigenvalue weighted by atomic mass is 9.76. The lowest BCUT2D eigenvalue weighted by Gasteiger charge is -2.35. The zero-order valence-corrected chi connectivity index (χ0v) is 29.8. The topological polar surface area (TPSA) is 96.2 Å². The molecule has 0 radical (unpaired) electrons. The Hall–Kier alpha value is 0.187. The third kappa shape index (κ3) is 5.82. The van der Waals surface area contributed by atoms with Gasteiger partial charge in [-0.3, -0.25) is 42.5 Å². The van der Waals surface area contributed by atoms with Crippen LogP contribution in [0.25, 0.3) is 0 Å². The molecule has 8 unspecified atom stereocenters. The van der Waals surface area contributed by atoms with Gasteiger partial charge in [-0.15, -0.1) is 12.4 Å². The maximum atomic E-state index is 4.26. The van der Waals surface area contributed by atoms with Gasteiger partial charge in [0.2, 0.25) is 0 Å². The molecule has 246 valence electrons. The standard InChI is InChI=1S/C32H56N8.CH6Si.ClH/c1-2-10-18-17(9-1)25-33-26(18)38-28-21-13-5-6-14-22(21)30(35-28)40-32-24-16-8-7-15-23(24)31(36-32)39-29-20-12-4-3-11-19(20)27(34-29)37-25;1-2;/h17-40H,1-16H2;1-2H3;1H. The van der Waals surface area contributed by atoms with Crippen molar-refractivity contribution in [3.63, 3.8) is 0 Å². The van der Waals surface area contributed by atoms with Gasteiger partial charge in [0.25, 0.3) is 0 Å². The summed E-state index contributed by atoms with van der Waals surface area (Å²) in [6.07, 6.45) is 25.6. The molecular weight excluding hydrogens is 572 g/mol. The lowest BCUT2D eigenvalue weighted by Crippen LogP contribution is -2.61. The Balaban J connectivity index is 0.000000981. The van der Waals surface area contributed by atoms with Crippen LogP contribution in [0.1, 0.15) is 103 Å². The summed E-state index contributed by atoms with van der Waals surface area (Å²) in [4.78, 5) is 0. The van der Waals surface area contributed by atoms with E-state index < -0.39 is 0 Å². The molecule has 0 aromatic heterocycles. The molecule has 9 fully saturated rings. The van der Waals surface area contributed by atoms with E-state index in [-0.39, 0.29) is 12.4 Å². The monoisotopic (exact) mass is 634 g/mol. The molecule has 8 N–H and O–H groups in total. The van der Waals surface area contributed by atoms with E-state index in [2.05, 4.69) is 49.1 Å². The van der Waals surface area contributed by atoms with Gasteiger partial charge in [-0.2, -0.15) is 0 Å². The molecular formula is C33H63ClN8Si. The maximum Gasteiger partial charge on any atom is 0.0628 e. The van der Waals surface area contributed by atoms with Gasteiger partial charge in [-0.25, -0.2) is 0 Å². The highest BCUT2D eigenvalue weighted by molar-refractivity contribution is 6.05. The van der Waals surface area contributed by atoms with Crippen molar-refractivity contribution in [1.82, 2.24) is 42.5 Å². The first-order chi connectivity index (χ1) is 20.8. The molecule has 0 aromatic carbocycles. The molecule has 5 heterocycles. The number of hydrogen-bond donors (Lipinski definition) is 8. The minimum Gasteiger partial charge on any atom is -0.286 e. The summed E-state index contributed by atoms with van der Waals surface area (Å²) < 4.78 is 0. The van der Waals surface area contributed by atoms with E-state index in [1.54, 1.807) is 0 Å². The second-order valence-electron chi connectivity index (χ2n) is 15.6. The van der Waals surface area contributed by atoms with Crippen molar-refractivity contribution in [3.05, 3.63) is 0 Å². The highest BCUT2D eigenvalue weighted by Gasteiger charge is 2.54. The second-order valence-corrected chi connectivity index (χ2v) is 15.6. The van der Waals surface area contributed by atoms with Gasteiger partial charge in [-0.1, -0.05) is 57.9 Å². The van der Waals surface area contributed by atoms with Crippen LogP contribution in [0.3, 0.4) is 0 Å².